The molecule has 0 N–H and O–H groups in total. The normalized spacial score (nSPS) is 9.76. The number of hydrogen-bond acceptors (Lipinski definition) is 5. The van der Waals surface area contributed by atoms with Crippen molar-refractivity contribution in [3.05, 3.63) is 0 Å². The van der Waals surface area contributed by atoms with Crippen molar-refractivity contribution in [3.63, 3.8) is 0 Å². The zero-order valence-corrected chi connectivity index (χ0v) is 10.3. The van der Waals surface area contributed by atoms with Crippen molar-refractivity contribution in [1.29, 1.82) is 0 Å². The summed E-state index contributed by atoms with van der Waals surface area (Å²) in [4.78, 5) is 44.2. The van der Waals surface area contributed by atoms with Crippen molar-refractivity contribution in [2.45, 2.75) is 45.4 Å². The van der Waals surface area contributed by atoms with E-state index in [2.05, 4.69) is 11.7 Å². The fraction of sp³-hybridized carbons (Fsp3) is 0.667. The molecule has 0 aromatic carbocycles. The molecule has 0 aromatic heterocycles. The van der Waals surface area contributed by atoms with Crippen LogP contribution in [0, 0.1) is 0 Å². The molecule has 0 aromatic rings. The van der Waals surface area contributed by atoms with E-state index in [4.69, 9.17) is 0 Å². The molecule has 0 aliphatic rings. The van der Waals surface area contributed by atoms with Crippen molar-refractivity contribution in [2.75, 3.05) is 7.11 Å². The van der Waals surface area contributed by atoms with Gasteiger partial charge in [-0.25, -0.2) is 4.79 Å². The Morgan fingerprint density at radius 1 is 0.882 bits per heavy atom. The molecule has 0 bridgehead atoms. The summed E-state index contributed by atoms with van der Waals surface area (Å²) < 4.78 is 4.08. The van der Waals surface area contributed by atoms with E-state index in [0.29, 0.717) is 6.42 Å². The Hall–Kier alpha value is -1.52. The van der Waals surface area contributed by atoms with Crippen LogP contribution in [-0.4, -0.2) is 30.4 Å². The monoisotopic (exact) mass is 242 g/mol. The Labute approximate surface area is 101 Å². The summed E-state index contributed by atoms with van der Waals surface area (Å²) in [5.74, 6) is -4.75. The van der Waals surface area contributed by atoms with Gasteiger partial charge >= 0.3 is 11.8 Å². The van der Waals surface area contributed by atoms with Gasteiger partial charge in [0.15, 0.2) is 0 Å². The van der Waals surface area contributed by atoms with Crippen LogP contribution in [0.5, 0.6) is 0 Å². The van der Waals surface area contributed by atoms with Gasteiger partial charge in [0, 0.05) is 6.42 Å². The lowest BCUT2D eigenvalue weighted by Gasteiger charge is -1.99. The molecule has 0 unspecified atom stereocenters. The largest absolute Gasteiger partial charge is 0.463 e. The third-order valence-corrected chi connectivity index (χ3v) is 2.34. The SMILES string of the molecule is CCCCCCCC(=O)C(=O)C(=O)C(=O)OC. The highest BCUT2D eigenvalue weighted by Crippen LogP contribution is 2.05. The van der Waals surface area contributed by atoms with Crippen LogP contribution in [0.15, 0.2) is 0 Å². The highest BCUT2D eigenvalue weighted by Gasteiger charge is 2.28. The first-order chi connectivity index (χ1) is 8.04. The number of esters is 1. The molecule has 17 heavy (non-hydrogen) atoms. The highest BCUT2D eigenvalue weighted by molar-refractivity contribution is 6.77. The van der Waals surface area contributed by atoms with E-state index in [0.717, 1.165) is 32.8 Å². The molecule has 5 nitrogen and oxygen atoms in total. The van der Waals surface area contributed by atoms with Gasteiger partial charge < -0.3 is 4.74 Å². The van der Waals surface area contributed by atoms with Gasteiger partial charge in [0.05, 0.1) is 7.11 Å². The number of carbonyl (C=O) groups excluding carboxylic acids is 4. The van der Waals surface area contributed by atoms with Crippen LogP contribution in [0.4, 0.5) is 0 Å². The zero-order chi connectivity index (χ0) is 13.3. The maximum Gasteiger partial charge on any atom is 0.383 e. The maximum absolute atomic E-state index is 11.3. The molecule has 0 atom stereocenters. The van der Waals surface area contributed by atoms with Crippen LogP contribution < -0.4 is 0 Å². The quantitative estimate of drug-likeness (QED) is 0.263. The van der Waals surface area contributed by atoms with E-state index in [1.54, 1.807) is 0 Å². The van der Waals surface area contributed by atoms with Crippen molar-refractivity contribution in [3.8, 4) is 0 Å². The molecule has 0 rings (SSSR count). The Bertz CT molecular complexity index is 306. The molecule has 0 saturated carbocycles. The minimum Gasteiger partial charge on any atom is -0.463 e. The zero-order valence-electron chi connectivity index (χ0n) is 10.3. The second kappa shape index (κ2) is 8.61. The lowest BCUT2D eigenvalue weighted by atomic mass is 10.0. The second-order valence-electron chi connectivity index (χ2n) is 3.74. The Kier molecular flexibility index (Phi) is 7.84. The number of rotatable bonds is 9. The molecular formula is C12H18O5. The first-order valence-corrected chi connectivity index (χ1v) is 5.74. The Balaban J connectivity index is 3.94. The molecule has 0 spiro atoms. The topological polar surface area (TPSA) is 77.5 Å². The van der Waals surface area contributed by atoms with Crippen LogP contribution in [-0.2, 0) is 23.9 Å². The predicted octanol–water partition coefficient (Wildman–Crippen LogP) is 1.23. The molecule has 0 amide bonds. The lowest BCUT2D eigenvalue weighted by molar-refractivity contribution is -0.156. The fourth-order valence-corrected chi connectivity index (χ4v) is 1.31. The van der Waals surface area contributed by atoms with Gasteiger partial charge in [-0.05, 0) is 6.42 Å². The molecular weight excluding hydrogens is 224 g/mol. The number of hydrogen-bond donors (Lipinski definition) is 0. The number of methoxy groups -OCH3 is 1. The summed E-state index contributed by atoms with van der Waals surface area (Å²) in [6.07, 6.45) is 4.61. The third-order valence-electron chi connectivity index (χ3n) is 2.34. The summed E-state index contributed by atoms with van der Waals surface area (Å²) in [6.45, 7) is 2.07. The summed E-state index contributed by atoms with van der Waals surface area (Å²) in [6, 6.07) is 0. The number of ether oxygens (including phenoxy) is 1. The van der Waals surface area contributed by atoms with Gasteiger partial charge in [-0.3, -0.25) is 14.4 Å². The second-order valence-corrected chi connectivity index (χ2v) is 3.74. The molecule has 0 aliphatic carbocycles. The van der Waals surface area contributed by atoms with E-state index in [1.165, 1.54) is 0 Å². The van der Waals surface area contributed by atoms with Gasteiger partial charge in [-0.15, -0.1) is 0 Å². The maximum atomic E-state index is 11.3. The molecule has 0 fully saturated rings. The van der Waals surface area contributed by atoms with Crippen LogP contribution in [0.3, 0.4) is 0 Å². The van der Waals surface area contributed by atoms with Gasteiger partial charge in [0.2, 0.25) is 5.78 Å². The molecule has 96 valence electrons. The highest BCUT2D eigenvalue weighted by atomic mass is 16.5. The van der Waals surface area contributed by atoms with E-state index in [-0.39, 0.29) is 6.42 Å². The van der Waals surface area contributed by atoms with Crippen LogP contribution in [0.1, 0.15) is 45.4 Å². The van der Waals surface area contributed by atoms with Gasteiger partial charge in [-0.2, -0.15) is 0 Å². The van der Waals surface area contributed by atoms with Gasteiger partial charge in [0.1, 0.15) is 0 Å². The average Bonchev–Trinajstić information content (AvgIpc) is 2.35. The van der Waals surface area contributed by atoms with Crippen molar-refractivity contribution < 1.29 is 23.9 Å². The fourth-order valence-electron chi connectivity index (χ4n) is 1.31. The standard InChI is InChI=1S/C12H18O5/c1-3-4-5-6-7-8-9(13)10(14)11(15)12(16)17-2/h3-8H2,1-2H3. The number of unbranched alkanes of at least 4 members (excludes halogenated alkanes) is 4. The number of ketones is 3. The molecule has 0 radical (unpaired) electrons. The Morgan fingerprint density at radius 3 is 2.00 bits per heavy atom. The smallest absolute Gasteiger partial charge is 0.383 e. The third kappa shape index (κ3) is 5.94. The average molecular weight is 242 g/mol. The Morgan fingerprint density at radius 2 is 1.47 bits per heavy atom. The van der Waals surface area contributed by atoms with Crippen molar-refractivity contribution in [1.82, 2.24) is 0 Å². The van der Waals surface area contributed by atoms with Gasteiger partial charge in [-0.1, -0.05) is 32.6 Å². The van der Waals surface area contributed by atoms with E-state index < -0.39 is 23.3 Å². The van der Waals surface area contributed by atoms with Crippen molar-refractivity contribution in [2.24, 2.45) is 0 Å². The minimum absolute atomic E-state index is 0.0191. The van der Waals surface area contributed by atoms with Gasteiger partial charge in [0.25, 0.3) is 5.78 Å². The van der Waals surface area contributed by atoms with Crippen LogP contribution >= 0.6 is 0 Å². The minimum atomic E-state index is -1.38. The molecule has 5 heteroatoms. The summed E-state index contributed by atoms with van der Waals surface area (Å²) >= 11 is 0. The first-order valence-electron chi connectivity index (χ1n) is 5.74. The summed E-state index contributed by atoms with van der Waals surface area (Å²) in [5.41, 5.74) is 0. The van der Waals surface area contributed by atoms with Crippen molar-refractivity contribution >= 4 is 23.3 Å². The summed E-state index contributed by atoms with van der Waals surface area (Å²) in [7, 11) is 0.989. The first kappa shape index (κ1) is 15.5. The summed E-state index contributed by atoms with van der Waals surface area (Å²) in [5, 5.41) is 0. The van der Waals surface area contributed by atoms with Crippen LogP contribution in [0.25, 0.3) is 0 Å². The molecule has 0 aliphatic heterocycles. The molecule has 0 saturated heterocycles. The van der Waals surface area contributed by atoms with E-state index in [1.807, 2.05) is 0 Å². The van der Waals surface area contributed by atoms with Crippen LogP contribution in [0.2, 0.25) is 0 Å². The number of Topliss-reactive ketones (excluding diaryl/α,β-unsaturated/α-hetero) is 3. The van der Waals surface area contributed by atoms with E-state index >= 15 is 0 Å². The number of carbonyl (C=O) groups is 4. The predicted molar refractivity (Wildman–Crippen MR) is 60.4 cm³/mol. The van der Waals surface area contributed by atoms with E-state index in [9.17, 15) is 19.2 Å². The lowest BCUT2D eigenvalue weighted by Crippen LogP contribution is -2.31. The molecule has 0 heterocycles.